The lowest BCUT2D eigenvalue weighted by Gasteiger charge is -2.25. The van der Waals surface area contributed by atoms with Crippen molar-refractivity contribution in [2.24, 2.45) is 0 Å². The Kier molecular flexibility index (Phi) is 4.66. The summed E-state index contributed by atoms with van der Waals surface area (Å²) in [7, 11) is 0. The second-order valence-corrected chi connectivity index (χ2v) is 6.25. The first-order valence-electron chi connectivity index (χ1n) is 7.59. The van der Waals surface area contributed by atoms with Crippen molar-refractivity contribution >= 4 is 32.9 Å². The summed E-state index contributed by atoms with van der Waals surface area (Å²) in [6, 6.07) is 3.96. The van der Waals surface area contributed by atoms with Gasteiger partial charge in [0.2, 0.25) is 0 Å². The van der Waals surface area contributed by atoms with Gasteiger partial charge in [-0.1, -0.05) is 15.9 Å². The van der Waals surface area contributed by atoms with E-state index in [2.05, 4.69) is 25.8 Å². The third-order valence-electron chi connectivity index (χ3n) is 3.94. The fraction of sp³-hybridized carbons (Fsp3) is 0.500. The van der Waals surface area contributed by atoms with Gasteiger partial charge in [0.05, 0.1) is 12.0 Å². The van der Waals surface area contributed by atoms with Crippen molar-refractivity contribution in [1.29, 1.82) is 0 Å². The summed E-state index contributed by atoms with van der Waals surface area (Å²) in [6.45, 7) is 4.26. The molecule has 1 aliphatic heterocycles. The second-order valence-electron chi connectivity index (χ2n) is 5.45. The zero-order valence-corrected chi connectivity index (χ0v) is 14.2. The van der Waals surface area contributed by atoms with E-state index in [0.717, 1.165) is 42.6 Å². The molecule has 0 saturated carbocycles. The van der Waals surface area contributed by atoms with Crippen molar-refractivity contribution in [1.82, 2.24) is 4.98 Å². The molecule has 0 spiro atoms. The Morgan fingerprint density at radius 2 is 2.09 bits per heavy atom. The number of fused-ring (bicyclic) bond motifs is 1. The normalized spacial score (nSPS) is 15.3. The summed E-state index contributed by atoms with van der Waals surface area (Å²) in [6.07, 6.45) is 3.44. The minimum atomic E-state index is -0.239. The number of benzene rings is 1. The van der Waals surface area contributed by atoms with Gasteiger partial charge in [0.25, 0.3) is 5.56 Å². The van der Waals surface area contributed by atoms with Crippen LogP contribution in [0.3, 0.4) is 0 Å². The molecular weight excluding hydrogens is 348 g/mol. The molecule has 0 unspecified atom stereocenters. The van der Waals surface area contributed by atoms with Crippen molar-refractivity contribution in [3.63, 3.8) is 0 Å². The van der Waals surface area contributed by atoms with Gasteiger partial charge in [0.1, 0.15) is 5.75 Å². The Morgan fingerprint density at radius 1 is 1.32 bits per heavy atom. The van der Waals surface area contributed by atoms with E-state index < -0.39 is 0 Å². The Morgan fingerprint density at radius 3 is 2.82 bits per heavy atom. The van der Waals surface area contributed by atoms with Crippen LogP contribution in [0.25, 0.3) is 11.0 Å². The third-order valence-corrected chi connectivity index (χ3v) is 4.26. The zero-order valence-electron chi connectivity index (χ0n) is 12.6. The number of aryl methyl sites for hydroxylation is 1. The maximum absolute atomic E-state index is 12.3. The Balaban J connectivity index is 2.05. The number of ether oxygens (including phenoxy) is 1. The summed E-state index contributed by atoms with van der Waals surface area (Å²) < 4.78 is 11.6. The van der Waals surface area contributed by atoms with Crippen molar-refractivity contribution in [3.05, 3.63) is 28.0 Å². The van der Waals surface area contributed by atoms with Crippen LogP contribution < -0.4 is 15.2 Å². The molecular formula is C16H19BrN2O3. The number of anilines is 1. The monoisotopic (exact) mass is 366 g/mol. The molecule has 1 aromatic heterocycles. The van der Waals surface area contributed by atoms with E-state index >= 15 is 0 Å². The molecule has 0 N–H and O–H groups in total. The number of alkyl halides is 1. The number of rotatable bonds is 4. The topological polar surface area (TPSA) is 55.6 Å². The summed E-state index contributed by atoms with van der Waals surface area (Å²) in [5.74, 6) is 0.742. The van der Waals surface area contributed by atoms with Gasteiger partial charge in [-0.25, -0.2) is 0 Å². The molecule has 22 heavy (non-hydrogen) atoms. The maximum Gasteiger partial charge on any atom is 0.301 e. The van der Waals surface area contributed by atoms with Gasteiger partial charge in [-0.2, -0.15) is 4.98 Å². The smallest absolute Gasteiger partial charge is 0.301 e. The summed E-state index contributed by atoms with van der Waals surface area (Å²) in [5.41, 5.74) is 1.18. The first-order valence-corrected chi connectivity index (χ1v) is 8.71. The maximum atomic E-state index is 12.3. The SMILES string of the molecule is Cc1c(OCCBr)ccc2c(=O)nc(N3CCCCC3)oc12. The van der Waals surface area contributed by atoms with Gasteiger partial charge in [0.15, 0.2) is 5.58 Å². The predicted octanol–water partition coefficient (Wildman–Crippen LogP) is 3.26. The quantitative estimate of drug-likeness (QED) is 0.777. The first-order chi connectivity index (χ1) is 10.7. The van der Waals surface area contributed by atoms with Crippen LogP contribution in [0.1, 0.15) is 24.8 Å². The highest BCUT2D eigenvalue weighted by molar-refractivity contribution is 9.09. The van der Waals surface area contributed by atoms with Crippen molar-refractivity contribution in [2.75, 3.05) is 29.9 Å². The van der Waals surface area contributed by atoms with Crippen molar-refractivity contribution in [3.8, 4) is 5.75 Å². The molecule has 2 aromatic rings. The van der Waals surface area contributed by atoms with Crippen LogP contribution in [0, 0.1) is 6.92 Å². The fourth-order valence-corrected chi connectivity index (χ4v) is 2.92. The van der Waals surface area contributed by atoms with Crippen LogP contribution in [0.5, 0.6) is 5.75 Å². The van der Waals surface area contributed by atoms with Gasteiger partial charge in [-0.15, -0.1) is 0 Å². The van der Waals surface area contributed by atoms with E-state index in [1.54, 1.807) is 12.1 Å². The largest absolute Gasteiger partial charge is 0.492 e. The highest BCUT2D eigenvalue weighted by Gasteiger charge is 2.18. The lowest BCUT2D eigenvalue weighted by atomic mass is 10.1. The molecule has 118 valence electrons. The Labute approximate surface area is 137 Å². The van der Waals surface area contributed by atoms with Gasteiger partial charge in [-0.05, 0) is 38.3 Å². The minimum Gasteiger partial charge on any atom is -0.492 e. The average Bonchev–Trinajstić information content (AvgIpc) is 2.55. The van der Waals surface area contributed by atoms with Crippen LogP contribution >= 0.6 is 15.9 Å². The summed E-state index contributed by atoms with van der Waals surface area (Å²) in [5, 5.41) is 1.26. The number of piperidine rings is 1. The second kappa shape index (κ2) is 6.69. The van der Waals surface area contributed by atoms with Gasteiger partial charge in [-0.3, -0.25) is 4.79 Å². The highest BCUT2D eigenvalue weighted by Crippen LogP contribution is 2.28. The van der Waals surface area contributed by atoms with Gasteiger partial charge in [0, 0.05) is 24.0 Å². The number of nitrogens with zero attached hydrogens (tertiary/aromatic N) is 2. The van der Waals surface area contributed by atoms with Gasteiger partial charge >= 0.3 is 6.01 Å². The van der Waals surface area contributed by atoms with Crippen LogP contribution in [0.2, 0.25) is 0 Å². The number of aromatic nitrogens is 1. The Hall–Kier alpha value is -1.56. The van der Waals surface area contributed by atoms with E-state index in [0.29, 0.717) is 23.6 Å². The van der Waals surface area contributed by atoms with Crippen LogP contribution in [-0.2, 0) is 0 Å². The number of hydrogen-bond donors (Lipinski definition) is 0. The molecule has 6 heteroatoms. The van der Waals surface area contributed by atoms with Crippen LogP contribution in [-0.4, -0.2) is 30.0 Å². The van der Waals surface area contributed by atoms with Crippen LogP contribution in [0.4, 0.5) is 6.01 Å². The molecule has 0 bridgehead atoms. The minimum absolute atomic E-state index is 0.239. The molecule has 1 aliphatic rings. The Bertz CT molecular complexity index is 723. The number of hydrogen-bond acceptors (Lipinski definition) is 5. The van der Waals surface area contributed by atoms with E-state index in [4.69, 9.17) is 9.15 Å². The predicted molar refractivity (Wildman–Crippen MR) is 90.4 cm³/mol. The third kappa shape index (κ3) is 2.97. The molecule has 0 amide bonds. The van der Waals surface area contributed by atoms with E-state index in [1.807, 2.05) is 6.92 Å². The lowest BCUT2D eigenvalue weighted by Crippen LogP contribution is -2.31. The summed E-state index contributed by atoms with van der Waals surface area (Å²) >= 11 is 3.34. The molecule has 0 atom stereocenters. The lowest BCUT2D eigenvalue weighted by molar-refractivity contribution is 0.342. The fourth-order valence-electron chi connectivity index (χ4n) is 2.76. The van der Waals surface area contributed by atoms with Crippen molar-refractivity contribution in [2.45, 2.75) is 26.2 Å². The average molecular weight is 367 g/mol. The van der Waals surface area contributed by atoms with Crippen LogP contribution in [0.15, 0.2) is 21.3 Å². The molecule has 1 fully saturated rings. The number of halogens is 1. The molecule has 1 aromatic carbocycles. The molecule has 0 radical (unpaired) electrons. The standard InChI is InChI=1S/C16H19BrN2O3/c1-11-13(21-10-7-17)6-5-12-14(11)22-16(18-15(12)20)19-8-3-2-4-9-19/h5-6H,2-4,7-10H2,1H3. The summed E-state index contributed by atoms with van der Waals surface area (Å²) in [4.78, 5) is 18.4. The first kappa shape index (κ1) is 15.3. The van der Waals surface area contributed by atoms with E-state index in [1.165, 1.54) is 6.42 Å². The van der Waals surface area contributed by atoms with Crippen molar-refractivity contribution < 1.29 is 9.15 Å². The van der Waals surface area contributed by atoms with E-state index in [-0.39, 0.29) is 5.56 Å². The molecule has 3 rings (SSSR count). The molecule has 0 aliphatic carbocycles. The van der Waals surface area contributed by atoms with E-state index in [9.17, 15) is 4.79 Å². The van der Waals surface area contributed by atoms with Gasteiger partial charge < -0.3 is 14.1 Å². The molecule has 1 saturated heterocycles. The highest BCUT2D eigenvalue weighted by atomic mass is 79.9. The molecule has 2 heterocycles. The molecule has 5 nitrogen and oxygen atoms in total. The zero-order chi connectivity index (χ0) is 15.5.